The Labute approximate surface area is 106 Å². The molecule has 0 aromatic carbocycles. The summed E-state index contributed by atoms with van der Waals surface area (Å²) in [5.41, 5.74) is 7.16. The summed E-state index contributed by atoms with van der Waals surface area (Å²) in [6, 6.07) is 0.378. The second kappa shape index (κ2) is 4.19. The van der Waals surface area contributed by atoms with Crippen LogP contribution < -0.4 is 5.73 Å². The minimum absolute atomic E-state index is 0.378. The zero-order chi connectivity index (χ0) is 12.7. The van der Waals surface area contributed by atoms with Crippen molar-refractivity contribution in [2.24, 2.45) is 11.8 Å². The van der Waals surface area contributed by atoms with E-state index in [0.717, 1.165) is 30.3 Å². The van der Waals surface area contributed by atoms with Gasteiger partial charge in [0.15, 0.2) is 17.0 Å². The molecule has 0 aliphatic heterocycles. The Morgan fingerprint density at radius 1 is 1.17 bits per heavy atom. The molecule has 0 saturated heterocycles. The van der Waals surface area contributed by atoms with Gasteiger partial charge in [-0.1, -0.05) is 19.1 Å². The smallest absolute Gasteiger partial charge is 0.184 e. The van der Waals surface area contributed by atoms with Crippen molar-refractivity contribution in [3.8, 4) is 0 Å². The van der Waals surface area contributed by atoms with Crippen molar-refractivity contribution in [2.75, 3.05) is 5.73 Å². The van der Waals surface area contributed by atoms with Gasteiger partial charge in [0, 0.05) is 0 Å². The van der Waals surface area contributed by atoms with Crippen LogP contribution in [0.4, 0.5) is 5.82 Å². The Kier molecular flexibility index (Phi) is 2.65. The molecule has 1 saturated carbocycles. The quantitative estimate of drug-likeness (QED) is 0.829. The summed E-state index contributed by atoms with van der Waals surface area (Å²) in [6.07, 6.45) is 5.03. The van der Waals surface area contributed by atoms with Crippen molar-refractivity contribution in [2.45, 2.75) is 39.2 Å². The van der Waals surface area contributed by atoms with Gasteiger partial charge >= 0.3 is 0 Å². The molecule has 0 amide bonds. The third-order valence-corrected chi connectivity index (χ3v) is 3.79. The Balaban J connectivity index is 2.01. The Bertz CT molecular complexity index is 553. The zero-order valence-corrected chi connectivity index (χ0v) is 10.7. The zero-order valence-electron chi connectivity index (χ0n) is 10.7. The van der Waals surface area contributed by atoms with Gasteiger partial charge in [0.05, 0.1) is 6.04 Å². The monoisotopic (exact) mass is 246 g/mol. The highest BCUT2D eigenvalue weighted by atomic mass is 15.5. The van der Waals surface area contributed by atoms with Gasteiger partial charge in [-0.2, -0.15) is 0 Å². The Morgan fingerprint density at radius 3 is 2.61 bits per heavy atom. The molecule has 1 fully saturated rings. The van der Waals surface area contributed by atoms with Gasteiger partial charge in [-0.3, -0.25) is 0 Å². The molecule has 0 radical (unpaired) electrons. The molecule has 3 rings (SSSR count). The number of anilines is 1. The van der Waals surface area contributed by atoms with Gasteiger partial charge in [-0.05, 0) is 31.1 Å². The van der Waals surface area contributed by atoms with E-state index < -0.39 is 0 Å². The highest BCUT2D eigenvalue weighted by Gasteiger charge is 2.27. The molecular weight excluding hydrogens is 228 g/mol. The molecule has 3 atom stereocenters. The molecule has 18 heavy (non-hydrogen) atoms. The summed E-state index contributed by atoms with van der Waals surface area (Å²) in [7, 11) is 0. The normalized spacial score (nSPS) is 28.7. The number of rotatable bonds is 1. The van der Waals surface area contributed by atoms with E-state index in [1.807, 2.05) is 4.68 Å². The highest BCUT2D eigenvalue weighted by molar-refractivity contribution is 5.80. The van der Waals surface area contributed by atoms with Gasteiger partial charge in [0.25, 0.3) is 0 Å². The summed E-state index contributed by atoms with van der Waals surface area (Å²) in [5.74, 6) is 1.84. The molecule has 2 heterocycles. The van der Waals surface area contributed by atoms with Crippen molar-refractivity contribution in [1.82, 2.24) is 25.0 Å². The van der Waals surface area contributed by atoms with Crippen LogP contribution in [0.25, 0.3) is 11.2 Å². The largest absolute Gasteiger partial charge is 0.382 e. The molecule has 0 bridgehead atoms. The van der Waals surface area contributed by atoms with E-state index in [-0.39, 0.29) is 0 Å². The van der Waals surface area contributed by atoms with Crippen LogP contribution in [0.2, 0.25) is 0 Å². The fraction of sp³-hybridized carbons (Fsp3) is 0.667. The fourth-order valence-corrected chi connectivity index (χ4v) is 3.13. The lowest BCUT2D eigenvalue weighted by Gasteiger charge is -2.31. The van der Waals surface area contributed by atoms with Crippen molar-refractivity contribution in [3.05, 3.63) is 6.33 Å². The highest BCUT2D eigenvalue weighted by Crippen LogP contribution is 2.36. The maximum atomic E-state index is 5.79. The average Bonchev–Trinajstić information content (AvgIpc) is 2.73. The summed E-state index contributed by atoms with van der Waals surface area (Å²) in [5, 5.41) is 8.34. The van der Waals surface area contributed by atoms with E-state index in [4.69, 9.17) is 5.73 Å². The lowest BCUT2D eigenvalue weighted by Crippen LogP contribution is -2.23. The van der Waals surface area contributed by atoms with E-state index in [9.17, 15) is 0 Å². The van der Waals surface area contributed by atoms with Crippen molar-refractivity contribution < 1.29 is 0 Å². The van der Waals surface area contributed by atoms with Gasteiger partial charge in [-0.25, -0.2) is 14.6 Å². The van der Waals surface area contributed by atoms with Gasteiger partial charge in [0.1, 0.15) is 6.33 Å². The number of nitrogen functional groups attached to an aromatic ring is 1. The lowest BCUT2D eigenvalue weighted by molar-refractivity contribution is 0.211. The van der Waals surface area contributed by atoms with Crippen LogP contribution in [0.3, 0.4) is 0 Å². The molecule has 2 N–H and O–H groups in total. The maximum absolute atomic E-state index is 5.79. The van der Waals surface area contributed by atoms with Crippen molar-refractivity contribution in [3.63, 3.8) is 0 Å². The van der Waals surface area contributed by atoms with E-state index >= 15 is 0 Å². The van der Waals surface area contributed by atoms with Crippen LogP contribution in [-0.4, -0.2) is 25.0 Å². The minimum Gasteiger partial charge on any atom is -0.382 e. The second-order valence-electron chi connectivity index (χ2n) is 5.54. The first-order chi connectivity index (χ1) is 8.65. The first kappa shape index (κ1) is 11.4. The van der Waals surface area contributed by atoms with Crippen molar-refractivity contribution in [1.29, 1.82) is 0 Å². The number of fused-ring (bicyclic) bond motifs is 1. The molecule has 2 aromatic rings. The Hall–Kier alpha value is -1.72. The topological polar surface area (TPSA) is 82.5 Å². The van der Waals surface area contributed by atoms with Gasteiger partial charge in [0.2, 0.25) is 0 Å². The van der Waals surface area contributed by atoms with Crippen molar-refractivity contribution >= 4 is 17.0 Å². The standard InChI is InChI=1S/C12H18N6/c1-7-3-8(2)5-9(4-7)18-12-10(16-17-18)11(13)14-6-15-12/h6-9H,3-5H2,1-2H3,(H2,13,14,15)/t7-,8+,9+. The number of hydrogen-bond acceptors (Lipinski definition) is 5. The molecule has 2 aromatic heterocycles. The molecule has 1 aliphatic rings. The van der Waals surface area contributed by atoms with E-state index in [0.29, 0.717) is 17.4 Å². The third-order valence-electron chi connectivity index (χ3n) is 3.79. The predicted molar refractivity (Wildman–Crippen MR) is 68.7 cm³/mol. The fourth-order valence-electron chi connectivity index (χ4n) is 3.13. The number of nitrogens with zero attached hydrogens (tertiary/aromatic N) is 5. The van der Waals surface area contributed by atoms with Gasteiger partial charge in [-0.15, -0.1) is 5.10 Å². The number of nitrogens with two attached hydrogens (primary N) is 1. The van der Waals surface area contributed by atoms with Crippen LogP contribution in [0, 0.1) is 11.8 Å². The first-order valence-corrected chi connectivity index (χ1v) is 6.46. The van der Waals surface area contributed by atoms with Crippen LogP contribution in [0.5, 0.6) is 0 Å². The van der Waals surface area contributed by atoms with E-state index in [1.165, 1.54) is 12.7 Å². The van der Waals surface area contributed by atoms with Crippen LogP contribution in [0.1, 0.15) is 39.2 Å². The molecular formula is C12H18N6. The molecule has 6 nitrogen and oxygen atoms in total. The maximum Gasteiger partial charge on any atom is 0.184 e. The predicted octanol–water partition coefficient (Wildman–Crippen LogP) is 1.80. The average molecular weight is 246 g/mol. The van der Waals surface area contributed by atoms with Gasteiger partial charge < -0.3 is 5.73 Å². The Morgan fingerprint density at radius 2 is 1.89 bits per heavy atom. The van der Waals surface area contributed by atoms with Crippen LogP contribution in [0.15, 0.2) is 6.33 Å². The summed E-state index contributed by atoms with van der Waals surface area (Å²) in [6.45, 7) is 4.59. The van der Waals surface area contributed by atoms with E-state index in [1.54, 1.807) is 0 Å². The van der Waals surface area contributed by atoms with Crippen LogP contribution >= 0.6 is 0 Å². The summed E-state index contributed by atoms with van der Waals surface area (Å²) in [4.78, 5) is 8.22. The molecule has 1 aliphatic carbocycles. The second-order valence-corrected chi connectivity index (χ2v) is 5.54. The number of aromatic nitrogens is 5. The summed E-state index contributed by atoms with van der Waals surface area (Å²) >= 11 is 0. The van der Waals surface area contributed by atoms with Crippen LogP contribution in [-0.2, 0) is 0 Å². The molecule has 96 valence electrons. The SMILES string of the molecule is C[C@@H]1C[C@H](C)C[C@@H](n2nnc3c(N)ncnc32)C1. The molecule has 0 unspecified atom stereocenters. The lowest BCUT2D eigenvalue weighted by atomic mass is 9.80. The minimum atomic E-state index is 0.378. The summed E-state index contributed by atoms with van der Waals surface area (Å²) < 4.78 is 1.93. The molecule has 6 heteroatoms. The molecule has 0 spiro atoms. The van der Waals surface area contributed by atoms with E-state index in [2.05, 4.69) is 34.1 Å². The third kappa shape index (κ3) is 1.81. The first-order valence-electron chi connectivity index (χ1n) is 6.46. The number of hydrogen-bond donors (Lipinski definition) is 1.